The van der Waals surface area contributed by atoms with Crippen molar-refractivity contribution in [1.29, 1.82) is 0 Å². The lowest BCUT2D eigenvalue weighted by atomic mass is 10.2. The molecular formula is C17H19ClF3N3O3. The van der Waals surface area contributed by atoms with Gasteiger partial charge in [-0.05, 0) is 29.8 Å². The van der Waals surface area contributed by atoms with Crippen molar-refractivity contribution in [2.45, 2.75) is 12.7 Å². The summed E-state index contributed by atoms with van der Waals surface area (Å²) >= 11 is 0. The number of likely N-dealkylation sites (N-methyl/N-ethyl adjacent to an activating group) is 1. The minimum atomic E-state index is -4.63. The third-order valence-electron chi connectivity index (χ3n) is 3.47. The summed E-state index contributed by atoms with van der Waals surface area (Å²) in [6, 6.07) is 8.12. The lowest BCUT2D eigenvalue weighted by Gasteiger charge is -2.16. The quantitative estimate of drug-likeness (QED) is 0.771. The maximum Gasteiger partial charge on any atom is 0.433 e. The van der Waals surface area contributed by atoms with E-state index in [-0.39, 0.29) is 60.8 Å². The molecule has 1 aromatic carbocycles. The first kappa shape index (κ1) is 22.7. The summed E-state index contributed by atoms with van der Waals surface area (Å²) in [5.74, 6) is -0.472. The lowest BCUT2D eigenvalue weighted by Crippen LogP contribution is -2.29. The van der Waals surface area contributed by atoms with E-state index in [0.717, 1.165) is 6.07 Å². The Morgan fingerprint density at radius 3 is 2.59 bits per heavy atom. The molecule has 0 saturated heterocycles. The molecule has 0 aliphatic rings. The van der Waals surface area contributed by atoms with E-state index < -0.39 is 11.9 Å². The number of hydrogen-bond donors (Lipinski definition) is 2. The Balaban J connectivity index is 0.00000364. The predicted molar refractivity (Wildman–Crippen MR) is 94.9 cm³/mol. The van der Waals surface area contributed by atoms with E-state index in [4.69, 9.17) is 15.6 Å². The van der Waals surface area contributed by atoms with E-state index in [1.807, 2.05) is 0 Å². The standard InChI is InChI=1S/C17H18F3N3O3.ClH/c1-23(5-6-24)16(25)12-3-2-4-13(9-12)26-15-8-11(10-21)7-14(22-15)17(18,19)20;/h2-4,7-9,24H,5-6,10,21H2,1H3;1H. The molecule has 2 aromatic rings. The molecule has 0 spiro atoms. The number of carbonyl (C=O) groups excluding carboxylic acids is 1. The molecule has 1 amide bonds. The van der Waals surface area contributed by atoms with Crippen molar-refractivity contribution in [3.8, 4) is 11.6 Å². The minimum absolute atomic E-state index is 0. The van der Waals surface area contributed by atoms with Crippen LogP contribution in [0.25, 0.3) is 0 Å². The predicted octanol–water partition coefficient (Wildman–Crippen LogP) is 2.84. The molecule has 0 unspecified atom stereocenters. The summed E-state index contributed by atoms with van der Waals surface area (Å²) in [5, 5.41) is 8.89. The van der Waals surface area contributed by atoms with E-state index in [9.17, 15) is 18.0 Å². The molecule has 10 heteroatoms. The fraction of sp³-hybridized carbons (Fsp3) is 0.294. The van der Waals surface area contributed by atoms with Gasteiger partial charge in [-0.15, -0.1) is 12.4 Å². The fourth-order valence-electron chi connectivity index (χ4n) is 2.16. The van der Waals surface area contributed by atoms with Gasteiger partial charge in [0.2, 0.25) is 5.88 Å². The van der Waals surface area contributed by atoms with Crippen LogP contribution in [0, 0.1) is 0 Å². The van der Waals surface area contributed by atoms with Crippen molar-refractivity contribution in [3.63, 3.8) is 0 Å². The molecule has 0 aliphatic carbocycles. The van der Waals surface area contributed by atoms with Crippen LogP contribution in [0.5, 0.6) is 11.6 Å². The highest BCUT2D eigenvalue weighted by Crippen LogP contribution is 2.31. The van der Waals surface area contributed by atoms with E-state index in [1.165, 1.54) is 42.3 Å². The number of halogens is 4. The number of pyridine rings is 1. The van der Waals surface area contributed by atoms with E-state index in [0.29, 0.717) is 0 Å². The second-order valence-electron chi connectivity index (χ2n) is 5.48. The van der Waals surface area contributed by atoms with Crippen LogP contribution in [0.3, 0.4) is 0 Å². The fourth-order valence-corrected chi connectivity index (χ4v) is 2.16. The van der Waals surface area contributed by atoms with Crippen LogP contribution in [0.1, 0.15) is 21.6 Å². The first-order valence-corrected chi connectivity index (χ1v) is 7.67. The van der Waals surface area contributed by atoms with Crippen molar-refractivity contribution in [1.82, 2.24) is 9.88 Å². The Bertz CT molecular complexity index is 788. The topological polar surface area (TPSA) is 88.7 Å². The molecule has 0 fully saturated rings. The van der Waals surface area contributed by atoms with Crippen molar-refractivity contribution in [2.75, 3.05) is 20.2 Å². The number of amides is 1. The van der Waals surface area contributed by atoms with Gasteiger partial charge in [0.05, 0.1) is 6.61 Å². The van der Waals surface area contributed by atoms with E-state index in [1.54, 1.807) is 0 Å². The number of nitrogens with zero attached hydrogens (tertiary/aromatic N) is 2. The zero-order valence-electron chi connectivity index (χ0n) is 14.4. The number of ether oxygens (including phenoxy) is 1. The average molecular weight is 406 g/mol. The Labute approximate surface area is 160 Å². The number of rotatable bonds is 6. The molecule has 27 heavy (non-hydrogen) atoms. The third kappa shape index (κ3) is 6.09. The summed E-state index contributed by atoms with van der Waals surface area (Å²) in [4.78, 5) is 17.0. The molecule has 3 N–H and O–H groups in total. The molecule has 6 nitrogen and oxygen atoms in total. The molecule has 1 aromatic heterocycles. The van der Waals surface area contributed by atoms with E-state index >= 15 is 0 Å². The van der Waals surface area contributed by atoms with Gasteiger partial charge in [0.1, 0.15) is 11.4 Å². The zero-order valence-corrected chi connectivity index (χ0v) is 15.2. The average Bonchev–Trinajstić information content (AvgIpc) is 2.60. The molecule has 148 valence electrons. The molecule has 1 heterocycles. The molecule has 0 bridgehead atoms. The van der Waals surface area contributed by atoms with Crippen molar-refractivity contribution in [2.24, 2.45) is 5.73 Å². The van der Waals surface area contributed by atoms with Gasteiger partial charge in [-0.1, -0.05) is 6.07 Å². The highest BCUT2D eigenvalue weighted by atomic mass is 35.5. The second-order valence-corrected chi connectivity index (χ2v) is 5.48. The van der Waals surface area contributed by atoms with E-state index in [2.05, 4.69) is 4.98 Å². The number of benzene rings is 1. The second kappa shape index (κ2) is 9.54. The van der Waals surface area contributed by atoms with Crippen LogP contribution in [-0.2, 0) is 12.7 Å². The van der Waals surface area contributed by atoms with Gasteiger partial charge in [-0.2, -0.15) is 13.2 Å². The Morgan fingerprint density at radius 1 is 1.30 bits per heavy atom. The molecule has 2 rings (SSSR count). The summed E-state index contributed by atoms with van der Waals surface area (Å²) < 4.78 is 44.2. The SMILES string of the molecule is CN(CCO)C(=O)c1cccc(Oc2cc(CN)cc(C(F)(F)F)n2)c1.Cl. The van der Waals surface area contributed by atoms with Crippen LogP contribution in [0.2, 0.25) is 0 Å². The molecule has 0 aliphatic heterocycles. The Morgan fingerprint density at radius 2 is 2.00 bits per heavy atom. The zero-order chi connectivity index (χ0) is 19.3. The van der Waals surface area contributed by atoms with Crippen molar-refractivity contribution >= 4 is 18.3 Å². The van der Waals surface area contributed by atoms with Crippen LogP contribution >= 0.6 is 12.4 Å². The number of carbonyl (C=O) groups is 1. The van der Waals surface area contributed by atoms with Gasteiger partial charge in [0.25, 0.3) is 5.91 Å². The minimum Gasteiger partial charge on any atom is -0.439 e. The maximum atomic E-state index is 12.9. The Kier molecular flexibility index (Phi) is 8.01. The highest BCUT2D eigenvalue weighted by molar-refractivity contribution is 5.94. The number of alkyl halides is 3. The molecule has 0 radical (unpaired) electrons. The van der Waals surface area contributed by atoms with Gasteiger partial charge in [0, 0.05) is 31.8 Å². The monoisotopic (exact) mass is 405 g/mol. The largest absolute Gasteiger partial charge is 0.439 e. The highest BCUT2D eigenvalue weighted by Gasteiger charge is 2.33. The number of aliphatic hydroxyl groups is 1. The van der Waals surface area contributed by atoms with Crippen LogP contribution in [-0.4, -0.2) is 41.1 Å². The van der Waals surface area contributed by atoms with Gasteiger partial charge in [-0.3, -0.25) is 4.79 Å². The summed E-state index contributed by atoms with van der Waals surface area (Å²) in [6.45, 7) is -0.139. The maximum absolute atomic E-state index is 12.9. The molecular weight excluding hydrogens is 387 g/mol. The third-order valence-corrected chi connectivity index (χ3v) is 3.47. The van der Waals surface area contributed by atoms with Crippen molar-refractivity contribution < 1.29 is 27.8 Å². The van der Waals surface area contributed by atoms with Gasteiger partial charge in [-0.25, -0.2) is 4.98 Å². The number of aromatic nitrogens is 1. The lowest BCUT2D eigenvalue weighted by molar-refractivity contribution is -0.141. The normalized spacial score (nSPS) is 10.9. The number of hydrogen-bond acceptors (Lipinski definition) is 5. The molecule has 0 saturated carbocycles. The van der Waals surface area contributed by atoms with Gasteiger partial charge >= 0.3 is 6.18 Å². The smallest absolute Gasteiger partial charge is 0.433 e. The first-order chi connectivity index (χ1) is 12.2. The summed E-state index contributed by atoms with van der Waals surface area (Å²) in [6.07, 6.45) is -4.63. The van der Waals surface area contributed by atoms with Crippen LogP contribution in [0.15, 0.2) is 36.4 Å². The summed E-state index contributed by atoms with van der Waals surface area (Å²) in [7, 11) is 1.52. The Hall–Kier alpha value is -2.36. The molecule has 0 atom stereocenters. The number of nitrogens with two attached hydrogens (primary N) is 1. The van der Waals surface area contributed by atoms with Gasteiger partial charge < -0.3 is 20.5 Å². The first-order valence-electron chi connectivity index (χ1n) is 7.67. The summed E-state index contributed by atoms with van der Waals surface area (Å²) in [5.41, 5.74) is 4.81. The van der Waals surface area contributed by atoms with Crippen LogP contribution < -0.4 is 10.5 Å². The van der Waals surface area contributed by atoms with Crippen molar-refractivity contribution in [3.05, 3.63) is 53.2 Å². The van der Waals surface area contributed by atoms with Gasteiger partial charge in [0.15, 0.2) is 0 Å². The van der Waals surface area contributed by atoms with Crippen LogP contribution in [0.4, 0.5) is 13.2 Å². The number of aliphatic hydroxyl groups excluding tert-OH is 1.